The Morgan fingerprint density at radius 3 is 1.90 bits per heavy atom. The SMILES string of the molecule is CC(C)[C@H](NC(=O)Nc1ccccc1)C(=O)Nc1ccc(NC(=O)C2CC2)cc1. The molecular weight excluding hydrogens is 368 g/mol. The van der Waals surface area contributed by atoms with Crippen LogP contribution in [0, 0.1) is 11.8 Å². The van der Waals surface area contributed by atoms with Crippen molar-refractivity contribution in [2.24, 2.45) is 11.8 Å². The summed E-state index contributed by atoms with van der Waals surface area (Å²) in [6, 6.07) is 14.8. The Balaban J connectivity index is 1.55. The number of anilines is 3. The molecule has 0 bridgehead atoms. The molecule has 0 saturated heterocycles. The van der Waals surface area contributed by atoms with Gasteiger partial charge in [-0.05, 0) is 55.2 Å². The van der Waals surface area contributed by atoms with E-state index in [9.17, 15) is 14.4 Å². The Labute approximate surface area is 170 Å². The maximum Gasteiger partial charge on any atom is 0.319 e. The molecule has 7 nitrogen and oxygen atoms in total. The van der Waals surface area contributed by atoms with Crippen molar-refractivity contribution in [1.82, 2.24) is 5.32 Å². The number of carbonyl (C=O) groups excluding carboxylic acids is 3. The predicted octanol–water partition coefficient (Wildman–Crippen LogP) is 3.82. The Kier molecular flexibility index (Phi) is 6.49. The van der Waals surface area contributed by atoms with E-state index in [2.05, 4.69) is 21.3 Å². The lowest BCUT2D eigenvalue weighted by Gasteiger charge is -2.22. The molecule has 152 valence electrons. The van der Waals surface area contributed by atoms with Gasteiger partial charge in [-0.2, -0.15) is 0 Å². The van der Waals surface area contributed by atoms with E-state index in [0.29, 0.717) is 17.1 Å². The number of benzene rings is 2. The second-order valence-corrected chi connectivity index (χ2v) is 7.52. The fraction of sp³-hybridized carbons (Fsp3) is 0.318. The van der Waals surface area contributed by atoms with Gasteiger partial charge in [0, 0.05) is 23.0 Å². The number of urea groups is 1. The Morgan fingerprint density at radius 2 is 1.34 bits per heavy atom. The largest absolute Gasteiger partial charge is 0.326 e. The smallest absolute Gasteiger partial charge is 0.319 e. The van der Waals surface area contributed by atoms with Crippen molar-refractivity contribution in [2.75, 3.05) is 16.0 Å². The molecule has 3 rings (SSSR count). The number of para-hydroxylation sites is 1. The van der Waals surface area contributed by atoms with Gasteiger partial charge < -0.3 is 21.3 Å². The molecule has 4 N–H and O–H groups in total. The zero-order valence-corrected chi connectivity index (χ0v) is 16.6. The Morgan fingerprint density at radius 1 is 0.793 bits per heavy atom. The minimum absolute atomic E-state index is 0.0373. The fourth-order valence-corrected chi connectivity index (χ4v) is 2.81. The van der Waals surface area contributed by atoms with Crippen LogP contribution in [0.2, 0.25) is 0 Å². The monoisotopic (exact) mass is 394 g/mol. The van der Waals surface area contributed by atoms with Gasteiger partial charge in [0.25, 0.3) is 0 Å². The molecule has 0 unspecified atom stereocenters. The number of rotatable bonds is 7. The molecule has 1 saturated carbocycles. The molecule has 2 aromatic rings. The lowest BCUT2D eigenvalue weighted by molar-refractivity contribution is -0.119. The number of hydrogen-bond donors (Lipinski definition) is 4. The molecule has 0 aliphatic heterocycles. The van der Waals surface area contributed by atoms with Crippen LogP contribution in [-0.2, 0) is 9.59 Å². The quantitative estimate of drug-likeness (QED) is 0.574. The molecule has 0 spiro atoms. The van der Waals surface area contributed by atoms with Crippen LogP contribution < -0.4 is 21.3 Å². The topological polar surface area (TPSA) is 99.3 Å². The zero-order valence-electron chi connectivity index (χ0n) is 16.6. The van der Waals surface area contributed by atoms with Crippen LogP contribution in [0.25, 0.3) is 0 Å². The van der Waals surface area contributed by atoms with Gasteiger partial charge in [0.05, 0.1) is 0 Å². The standard InChI is InChI=1S/C22H26N4O3/c1-14(2)19(26-22(29)25-16-6-4-3-5-7-16)21(28)24-18-12-10-17(11-13-18)23-20(27)15-8-9-15/h3-7,10-15,19H,8-9H2,1-2H3,(H,23,27)(H,24,28)(H2,25,26,29)/t19-/m0/s1. The summed E-state index contributed by atoms with van der Waals surface area (Å²) in [4.78, 5) is 36.7. The highest BCUT2D eigenvalue weighted by atomic mass is 16.2. The fourth-order valence-electron chi connectivity index (χ4n) is 2.81. The van der Waals surface area contributed by atoms with Gasteiger partial charge in [-0.15, -0.1) is 0 Å². The minimum atomic E-state index is -0.701. The highest BCUT2D eigenvalue weighted by Gasteiger charge is 2.29. The van der Waals surface area contributed by atoms with Crippen LogP contribution in [0.5, 0.6) is 0 Å². The van der Waals surface area contributed by atoms with Crippen LogP contribution in [0.3, 0.4) is 0 Å². The highest BCUT2D eigenvalue weighted by Crippen LogP contribution is 2.30. The second kappa shape index (κ2) is 9.23. The van der Waals surface area contributed by atoms with Crippen LogP contribution in [0.4, 0.5) is 21.9 Å². The summed E-state index contributed by atoms with van der Waals surface area (Å²) in [6.07, 6.45) is 1.89. The van der Waals surface area contributed by atoms with Gasteiger partial charge in [0.15, 0.2) is 0 Å². The number of nitrogens with one attached hydrogen (secondary N) is 4. The summed E-state index contributed by atoms with van der Waals surface area (Å²) < 4.78 is 0. The van der Waals surface area contributed by atoms with Gasteiger partial charge >= 0.3 is 6.03 Å². The molecule has 0 heterocycles. The first kappa shape index (κ1) is 20.4. The molecule has 29 heavy (non-hydrogen) atoms. The summed E-state index contributed by atoms with van der Waals surface area (Å²) >= 11 is 0. The lowest BCUT2D eigenvalue weighted by Crippen LogP contribution is -2.48. The molecule has 1 aliphatic rings. The van der Waals surface area contributed by atoms with E-state index in [0.717, 1.165) is 12.8 Å². The first-order chi connectivity index (χ1) is 13.9. The van der Waals surface area contributed by atoms with Gasteiger partial charge in [0.2, 0.25) is 11.8 Å². The first-order valence-electron chi connectivity index (χ1n) is 9.76. The molecule has 7 heteroatoms. The van der Waals surface area contributed by atoms with E-state index < -0.39 is 12.1 Å². The maximum atomic E-state index is 12.7. The average molecular weight is 394 g/mol. The third-order valence-electron chi connectivity index (χ3n) is 4.64. The third kappa shape index (κ3) is 6.07. The minimum Gasteiger partial charge on any atom is -0.326 e. The highest BCUT2D eigenvalue weighted by molar-refractivity contribution is 5.99. The van der Waals surface area contributed by atoms with Gasteiger partial charge in [-0.25, -0.2) is 4.79 Å². The molecule has 2 aromatic carbocycles. The van der Waals surface area contributed by atoms with Crippen LogP contribution >= 0.6 is 0 Å². The van der Waals surface area contributed by atoms with Crippen molar-refractivity contribution in [3.63, 3.8) is 0 Å². The van der Waals surface area contributed by atoms with Crippen molar-refractivity contribution < 1.29 is 14.4 Å². The van der Waals surface area contributed by atoms with Crippen molar-refractivity contribution >= 4 is 34.9 Å². The van der Waals surface area contributed by atoms with Crippen molar-refractivity contribution in [3.8, 4) is 0 Å². The van der Waals surface area contributed by atoms with Crippen LogP contribution in [0.15, 0.2) is 54.6 Å². The van der Waals surface area contributed by atoms with Crippen LogP contribution in [0.1, 0.15) is 26.7 Å². The second-order valence-electron chi connectivity index (χ2n) is 7.52. The van der Waals surface area contributed by atoms with E-state index in [4.69, 9.17) is 0 Å². The predicted molar refractivity (Wildman–Crippen MR) is 114 cm³/mol. The van der Waals surface area contributed by atoms with E-state index >= 15 is 0 Å². The molecule has 0 aromatic heterocycles. The lowest BCUT2D eigenvalue weighted by atomic mass is 10.0. The molecule has 0 radical (unpaired) electrons. The zero-order chi connectivity index (χ0) is 20.8. The van der Waals surface area contributed by atoms with Crippen molar-refractivity contribution in [2.45, 2.75) is 32.7 Å². The van der Waals surface area contributed by atoms with Crippen LogP contribution in [-0.4, -0.2) is 23.9 Å². The normalized spacial score (nSPS) is 14.0. The number of amides is 4. The van der Waals surface area contributed by atoms with Crippen molar-refractivity contribution in [1.29, 1.82) is 0 Å². The van der Waals surface area contributed by atoms with Gasteiger partial charge in [-0.3, -0.25) is 9.59 Å². The number of hydrogen-bond acceptors (Lipinski definition) is 3. The summed E-state index contributed by atoms with van der Waals surface area (Å²) in [5.41, 5.74) is 1.94. The molecule has 1 aliphatic carbocycles. The van der Waals surface area contributed by atoms with E-state index in [1.54, 1.807) is 36.4 Å². The number of carbonyl (C=O) groups is 3. The maximum absolute atomic E-state index is 12.7. The molecule has 1 fully saturated rings. The first-order valence-corrected chi connectivity index (χ1v) is 9.76. The van der Waals surface area contributed by atoms with Gasteiger partial charge in [0.1, 0.15) is 6.04 Å². The third-order valence-corrected chi connectivity index (χ3v) is 4.64. The van der Waals surface area contributed by atoms with Gasteiger partial charge in [-0.1, -0.05) is 32.0 Å². The Hall–Kier alpha value is -3.35. The summed E-state index contributed by atoms with van der Waals surface area (Å²) in [6.45, 7) is 3.73. The van der Waals surface area contributed by atoms with E-state index in [-0.39, 0.29) is 23.7 Å². The van der Waals surface area contributed by atoms with Crippen molar-refractivity contribution in [3.05, 3.63) is 54.6 Å². The Bertz CT molecular complexity index is 861. The summed E-state index contributed by atoms with van der Waals surface area (Å²) in [5, 5.41) is 11.1. The van der Waals surface area contributed by atoms with E-state index in [1.165, 1.54) is 0 Å². The summed E-state index contributed by atoms with van der Waals surface area (Å²) in [7, 11) is 0. The van der Waals surface area contributed by atoms with E-state index in [1.807, 2.05) is 32.0 Å². The molecular formula is C22H26N4O3. The summed E-state index contributed by atoms with van der Waals surface area (Å²) in [5.74, 6) is -0.240. The molecule has 4 amide bonds. The molecule has 1 atom stereocenters. The average Bonchev–Trinajstić information content (AvgIpc) is 3.53.